The second-order valence-corrected chi connectivity index (χ2v) is 3.35. The number of hydrogen-bond donors (Lipinski definition) is 2. The average Bonchev–Trinajstić information content (AvgIpc) is 2.46. The predicted molar refractivity (Wildman–Crippen MR) is 56.3 cm³/mol. The van der Waals surface area contributed by atoms with Crippen molar-refractivity contribution < 1.29 is 0 Å². The molecule has 1 aromatic heterocycles. The monoisotopic (exact) mass is 191 g/mol. The van der Waals surface area contributed by atoms with Crippen LogP contribution in [-0.2, 0) is 13.5 Å². The summed E-state index contributed by atoms with van der Waals surface area (Å²) in [5, 5.41) is 3.76. The van der Waals surface area contributed by atoms with Crippen molar-refractivity contribution in [1.29, 1.82) is 0 Å². The summed E-state index contributed by atoms with van der Waals surface area (Å²) < 4.78 is 1.49. The summed E-state index contributed by atoms with van der Waals surface area (Å²) in [6.07, 6.45) is 0.789. The van der Waals surface area contributed by atoms with E-state index < -0.39 is 0 Å². The van der Waals surface area contributed by atoms with E-state index in [0.717, 1.165) is 22.9 Å². The summed E-state index contributed by atoms with van der Waals surface area (Å²) >= 11 is 0. The molecule has 0 saturated carbocycles. The lowest BCUT2D eigenvalue weighted by molar-refractivity contribution is 0.749. The minimum absolute atomic E-state index is 0.0128. The molecule has 0 bridgehead atoms. The van der Waals surface area contributed by atoms with Gasteiger partial charge in [0.25, 0.3) is 5.56 Å². The smallest absolute Gasteiger partial charge is 0.274 e. The van der Waals surface area contributed by atoms with Crippen LogP contribution in [0.15, 0.2) is 23.0 Å². The number of aromatic nitrogens is 2. The molecule has 1 heterocycles. The van der Waals surface area contributed by atoms with Gasteiger partial charge in [0.2, 0.25) is 0 Å². The first-order valence-electron chi connectivity index (χ1n) is 4.60. The van der Waals surface area contributed by atoms with Crippen molar-refractivity contribution in [3.8, 4) is 0 Å². The van der Waals surface area contributed by atoms with Crippen LogP contribution in [0.3, 0.4) is 0 Å². The van der Waals surface area contributed by atoms with Crippen LogP contribution in [-0.4, -0.2) is 16.3 Å². The van der Waals surface area contributed by atoms with E-state index in [1.54, 1.807) is 7.05 Å². The molecule has 0 atom stereocenters. The van der Waals surface area contributed by atoms with Crippen LogP contribution in [0.1, 0.15) is 5.56 Å². The van der Waals surface area contributed by atoms with Gasteiger partial charge < -0.3 is 5.73 Å². The molecule has 2 aromatic rings. The quantitative estimate of drug-likeness (QED) is 0.720. The molecule has 4 heteroatoms. The Morgan fingerprint density at radius 2 is 2.29 bits per heavy atom. The molecule has 0 fully saturated rings. The van der Waals surface area contributed by atoms with E-state index in [4.69, 9.17) is 5.73 Å². The van der Waals surface area contributed by atoms with Crippen molar-refractivity contribution in [2.45, 2.75) is 6.42 Å². The van der Waals surface area contributed by atoms with Gasteiger partial charge in [-0.15, -0.1) is 0 Å². The van der Waals surface area contributed by atoms with Gasteiger partial charge in [-0.05, 0) is 24.6 Å². The molecule has 0 aliphatic carbocycles. The minimum Gasteiger partial charge on any atom is -0.330 e. The van der Waals surface area contributed by atoms with Crippen molar-refractivity contribution in [2.75, 3.05) is 6.54 Å². The molecule has 0 aliphatic heterocycles. The zero-order chi connectivity index (χ0) is 10.1. The molecule has 4 nitrogen and oxygen atoms in total. The van der Waals surface area contributed by atoms with Crippen LogP contribution >= 0.6 is 0 Å². The van der Waals surface area contributed by atoms with Gasteiger partial charge >= 0.3 is 0 Å². The standard InChI is InChI=1S/C10H13N3O/c1-13-10(14)8-4-2-3-7(5-6-11)9(8)12-13/h2-4,12H,5-6,11H2,1H3. The maximum atomic E-state index is 11.6. The van der Waals surface area contributed by atoms with Crippen LogP contribution in [0.4, 0.5) is 0 Å². The second kappa shape index (κ2) is 3.31. The Hall–Kier alpha value is -1.55. The van der Waals surface area contributed by atoms with Gasteiger partial charge in [0.1, 0.15) is 0 Å². The highest BCUT2D eigenvalue weighted by atomic mass is 16.1. The molecule has 14 heavy (non-hydrogen) atoms. The fourth-order valence-electron chi connectivity index (χ4n) is 1.67. The maximum Gasteiger partial charge on any atom is 0.274 e. The first-order valence-corrected chi connectivity index (χ1v) is 4.60. The Balaban J connectivity index is 2.75. The maximum absolute atomic E-state index is 11.6. The molecule has 0 aliphatic rings. The van der Waals surface area contributed by atoms with Crippen molar-refractivity contribution in [2.24, 2.45) is 12.8 Å². The summed E-state index contributed by atoms with van der Waals surface area (Å²) in [6, 6.07) is 5.71. The molecule has 2 rings (SSSR count). The van der Waals surface area contributed by atoms with Gasteiger partial charge in [-0.25, -0.2) is 0 Å². The molecule has 0 saturated heterocycles. The summed E-state index contributed by atoms with van der Waals surface area (Å²) in [5.41, 5.74) is 7.52. The highest BCUT2D eigenvalue weighted by molar-refractivity contribution is 5.81. The van der Waals surface area contributed by atoms with E-state index in [1.807, 2.05) is 18.2 Å². The molecule has 74 valence electrons. The lowest BCUT2D eigenvalue weighted by Gasteiger charge is -1.98. The van der Waals surface area contributed by atoms with Crippen molar-refractivity contribution in [3.05, 3.63) is 34.1 Å². The Bertz CT molecular complexity index is 510. The molecular formula is C10H13N3O. The average molecular weight is 191 g/mol. The highest BCUT2D eigenvalue weighted by Crippen LogP contribution is 2.13. The minimum atomic E-state index is 0.0128. The number of nitrogens with one attached hydrogen (secondary N) is 1. The third kappa shape index (κ3) is 1.24. The number of nitrogens with two attached hydrogens (primary N) is 1. The fraction of sp³-hybridized carbons (Fsp3) is 0.300. The Labute approximate surface area is 81.3 Å². The molecular weight excluding hydrogens is 178 g/mol. The van der Waals surface area contributed by atoms with Crippen LogP contribution < -0.4 is 11.3 Å². The molecule has 0 spiro atoms. The lowest BCUT2D eigenvalue weighted by atomic mass is 10.1. The number of aryl methyl sites for hydroxylation is 1. The number of nitrogens with zero attached hydrogens (tertiary/aromatic N) is 1. The normalized spacial score (nSPS) is 11.0. The fourth-order valence-corrected chi connectivity index (χ4v) is 1.67. The van der Waals surface area contributed by atoms with Crippen LogP contribution in [0.2, 0.25) is 0 Å². The van der Waals surface area contributed by atoms with Crippen molar-refractivity contribution in [1.82, 2.24) is 9.78 Å². The molecule has 0 radical (unpaired) electrons. The largest absolute Gasteiger partial charge is 0.330 e. The number of aromatic amines is 1. The van der Waals surface area contributed by atoms with E-state index >= 15 is 0 Å². The van der Waals surface area contributed by atoms with Crippen LogP contribution in [0, 0.1) is 0 Å². The number of H-pyrrole nitrogens is 1. The Morgan fingerprint density at radius 1 is 1.50 bits per heavy atom. The third-order valence-electron chi connectivity index (χ3n) is 2.38. The Morgan fingerprint density at radius 3 is 3.00 bits per heavy atom. The van der Waals surface area contributed by atoms with Gasteiger partial charge in [0.05, 0.1) is 10.9 Å². The predicted octanol–water partition coefficient (Wildman–Crippen LogP) is 0.368. The van der Waals surface area contributed by atoms with E-state index in [-0.39, 0.29) is 5.56 Å². The summed E-state index contributed by atoms with van der Waals surface area (Å²) in [6.45, 7) is 0.593. The Kier molecular flexibility index (Phi) is 2.13. The van der Waals surface area contributed by atoms with Crippen molar-refractivity contribution in [3.63, 3.8) is 0 Å². The summed E-state index contributed by atoms with van der Waals surface area (Å²) in [7, 11) is 1.72. The van der Waals surface area contributed by atoms with Crippen LogP contribution in [0.25, 0.3) is 10.9 Å². The highest BCUT2D eigenvalue weighted by Gasteiger charge is 2.06. The lowest BCUT2D eigenvalue weighted by Crippen LogP contribution is -2.10. The van der Waals surface area contributed by atoms with E-state index in [1.165, 1.54) is 4.68 Å². The number of hydrogen-bond acceptors (Lipinski definition) is 2. The summed E-state index contributed by atoms with van der Waals surface area (Å²) in [5.74, 6) is 0. The van der Waals surface area contributed by atoms with Gasteiger partial charge in [-0.1, -0.05) is 12.1 Å². The molecule has 1 aromatic carbocycles. The second-order valence-electron chi connectivity index (χ2n) is 3.35. The van der Waals surface area contributed by atoms with Gasteiger partial charge in [-0.3, -0.25) is 14.6 Å². The van der Waals surface area contributed by atoms with Crippen LogP contribution in [0.5, 0.6) is 0 Å². The number of rotatable bonds is 2. The first-order chi connectivity index (χ1) is 6.74. The zero-order valence-corrected chi connectivity index (χ0v) is 8.08. The number of fused-ring (bicyclic) bond motifs is 1. The van der Waals surface area contributed by atoms with E-state index in [9.17, 15) is 4.79 Å². The van der Waals surface area contributed by atoms with E-state index in [2.05, 4.69) is 5.10 Å². The van der Waals surface area contributed by atoms with Crippen molar-refractivity contribution >= 4 is 10.9 Å². The number of benzene rings is 1. The molecule has 3 N–H and O–H groups in total. The SMILES string of the molecule is Cn1[nH]c2c(CCN)cccc2c1=O. The van der Waals surface area contributed by atoms with E-state index in [0.29, 0.717) is 6.54 Å². The van der Waals surface area contributed by atoms with Gasteiger partial charge in [0, 0.05) is 7.05 Å². The van der Waals surface area contributed by atoms with Gasteiger partial charge in [-0.2, -0.15) is 0 Å². The topological polar surface area (TPSA) is 63.8 Å². The first kappa shape index (κ1) is 9.02. The molecule has 0 unspecified atom stereocenters. The zero-order valence-electron chi connectivity index (χ0n) is 8.08. The molecule has 0 amide bonds. The van der Waals surface area contributed by atoms with Gasteiger partial charge in [0.15, 0.2) is 0 Å². The third-order valence-corrected chi connectivity index (χ3v) is 2.38. The summed E-state index contributed by atoms with van der Waals surface area (Å²) in [4.78, 5) is 11.6. The number of para-hydroxylation sites is 1.